The number of hydrazine groups is 1. The Morgan fingerprint density at radius 1 is 1.03 bits per heavy atom. The van der Waals surface area contributed by atoms with E-state index in [1.807, 2.05) is 6.20 Å². The van der Waals surface area contributed by atoms with Gasteiger partial charge in [0, 0.05) is 78.5 Å². The van der Waals surface area contributed by atoms with Crippen LogP contribution in [0.25, 0.3) is 33.3 Å². The van der Waals surface area contributed by atoms with E-state index in [1.165, 1.54) is 63.0 Å². The van der Waals surface area contributed by atoms with Crippen molar-refractivity contribution in [1.29, 1.82) is 0 Å². The average Bonchev–Trinajstić information content (AvgIpc) is 3.72. The third kappa shape index (κ3) is 9.95. The molecule has 59 heavy (non-hydrogen) atoms. The molecule has 0 saturated carbocycles. The number of nitrogens with zero attached hydrogens (tertiary/aromatic N) is 5. The van der Waals surface area contributed by atoms with Gasteiger partial charge in [0.1, 0.15) is 0 Å². The van der Waals surface area contributed by atoms with Gasteiger partial charge in [-0.3, -0.25) is 4.98 Å². The summed E-state index contributed by atoms with van der Waals surface area (Å²) in [4.78, 5) is 22.4. The number of benzene rings is 2. The minimum absolute atomic E-state index is 0.190. The molecular formula is C50H70N6O2S. The van der Waals surface area contributed by atoms with E-state index in [0.29, 0.717) is 24.3 Å². The normalized spacial score (nSPS) is 19.3. The number of rotatable bonds is 12. The Hall–Kier alpha value is -4.05. The number of ether oxygens (including phenoxy) is 1. The predicted molar refractivity (Wildman–Crippen MR) is 249 cm³/mol. The van der Waals surface area contributed by atoms with Crippen molar-refractivity contribution in [2.75, 3.05) is 33.3 Å². The third-order valence-corrected chi connectivity index (χ3v) is 13.6. The SMILES string of the molecule is C=C(SN1CCCN(NC)C(=O)OCC(C)(C)Cc2c(-c3cccnc3C(C)CC)n(CC)c3ccc(cc23)-c2cccc(c2)C1)C(C(C)C)N1CCC(CCC)C1=C. The lowest BCUT2D eigenvalue weighted by atomic mass is 9.83. The number of nitrogens with one attached hydrogen (secondary N) is 1. The van der Waals surface area contributed by atoms with Crippen molar-refractivity contribution in [3.8, 4) is 22.4 Å². The van der Waals surface area contributed by atoms with Crippen molar-refractivity contribution in [3.05, 3.63) is 101 Å². The van der Waals surface area contributed by atoms with Crippen molar-refractivity contribution in [2.45, 2.75) is 119 Å². The van der Waals surface area contributed by atoms with Gasteiger partial charge in [0.2, 0.25) is 0 Å². The van der Waals surface area contributed by atoms with Crippen molar-refractivity contribution in [3.63, 3.8) is 0 Å². The van der Waals surface area contributed by atoms with Gasteiger partial charge < -0.3 is 14.2 Å². The summed E-state index contributed by atoms with van der Waals surface area (Å²) in [6.45, 7) is 31.5. The Morgan fingerprint density at radius 2 is 1.81 bits per heavy atom. The third-order valence-electron chi connectivity index (χ3n) is 12.5. The molecule has 4 aromatic rings. The lowest BCUT2D eigenvalue weighted by Gasteiger charge is -2.37. The standard InChI is InChI=1S/C50H70N6O2S/c1-12-18-39-24-28-55(36(39)7)47(34(4)5)37(8)59-53-26-17-27-56(51-11)49(57)58-33-50(9,10)31-44-43-30-41(40-20-15-19-38(29-40)32-53)22-23-45(43)54(14-3)48(44)42-21-16-25-52-46(42)35(6)13-2/h15-16,19-23,25,29-30,34-35,39,47,51H,7-8,12-14,17-18,24,26-28,31-33H2,1-6,9-11H3. The highest BCUT2D eigenvalue weighted by Crippen LogP contribution is 2.43. The van der Waals surface area contributed by atoms with Gasteiger partial charge in [-0.25, -0.2) is 19.5 Å². The maximum atomic E-state index is 13.7. The van der Waals surface area contributed by atoms with E-state index in [2.05, 4.69) is 136 Å². The summed E-state index contributed by atoms with van der Waals surface area (Å²) in [6, 6.07) is 20.5. The molecule has 3 atom stereocenters. The minimum Gasteiger partial charge on any atom is -0.448 e. The van der Waals surface area contributed by atoms with Crippen LogP contribution in [0.3, 0.4) is 0 Å². The Balaban J connectivity index is 1.43. The number of carbonyl (C=O) groups is 1. The Morgan fingerprint density at radius 3 is 2.53 bits per heavy atom. The first-order valence-electron chi connectivity index (χ1n) is 22.2. The molecule has 1 amide bonds. The molecule has 1 saturated heterocycles. The van der Waals surface area contributed by atoms with Crippen LogP contribution in [0.15, 0.2) is 84.6 Å². The van der Waals surface area contributed by atoms with Crippen LogP contribution in [0.4, 0.5) is 4.79 Å². The summed E-state index contributed by atoms with van der Waals surface area (Å²) in [5, 5.41) is 2.85. The first kappa shape index (κ1) is 44.5. The summed E-state index contributed by atoms with van der Waals surface area (Å²) in [6.07, 6.45) is 7.60. The van der Waals surface area contributed by atoms with Crippen molar-refractivity contribution >= 4 is 28.9 Å². The van der Waals surface area contributed by atoms with Crippen molar-refractivity contribution in [1.82, 2.24) is 29.2 Å². The number of aryl methyl sites for hydroxylation is 1. The topological polar surface area (TPSA) is 65.9 Å². The number of cyclic esters (lactones) is 1. The summed E-state index contributed by atoms with van der Waals surface area (Å²) in [5.74, 6) is 1.25. The van der Waals surface area contributed by atoms with E-state index in [1.54, 1.807) is 24.0 Å². The molecule has 6 rings (SSSR count). The number of aromatic nitrogens is 2. The number of carbonyl (C=O) groups excluding carboxylic acids is 1. The molecule has 8 nitrogen and oxygen atoms in total. The van der Waals surface area contributed by atoms with Gasteiger partial charge in [0.25, 0.3) is 0 Å². The van der Waals surface area contributed by atoms with Crippen molar-refractivity contribution < 1.29 is 9.53 Å². The molecule has 318 valence electrons. The van der Waals surface area contributed by atoms with Crippen LogP contribution in [0.5, 0.6) is 0 Å². The highest BCUT2D eigenvalue weighted by Gasteiger charge is 2.35. The molecule has 9 heteroatoms. The first-order valence-corrected chi connectivity index (χ1v) is 23.0. The lowest BCUT2D eigenvalue weighted by molar-refractivity contribution is 0.0551. The second-order valence-electron chi connectivity index (χ2n) is 17.9. The van der Waals surface area contributed by atoms with E-state index in [9.17, 15) is 4.79 Å². The van der Waals surface area contributed by atoms with Crippen LogP contribution >= 0.6 is 11.9 Å². The van der Waals surface area contributed by atoms with E-state index in [-0.39, 0.29) is 24.2 Å². The number of hydrogen-bond donors (Lipinski definition) is 1. The zero-order chi connectivity index (χ0) is 42.4. The summed E-state index contributed by atoms with van der Waals surface area (Å²) in [5.41, 5.74) is 13.7. The van der Waals surface area contributed by atoms with Crippen LogP contribution in [0.1, 0.15) is 110 Å². The van der Waals surface area contributed by atoms with E-state index >= 15 is 0 Å². The molecule has 1 fully saturated rings. The quantitative estimate of drug-likeness (QED) is 0.143. The highest BCUT2D eigenvalue weighted by atomic mass is 32.2. The number of fused-ring (bicyclic) bond motifs is 4. The molecule has 0 radical (unpaired) electrons. The van der Waals surface area contributed by atoms with Crippen LogP contribution in [0.2, 0.25) is 0 Å². The first-order chi connectivity index (χ1) is 28.3. The van der Waals surface area contributed by atoms with Gasteiger partial charge in [0.05, 0.1) is 24.0 Å². The molecule has 3 unspecified atom stereocenters. The fourth-order valence-electron chi connectivity index (χ4n) is 9.34. The maximum absolute atomic E-state index is 13.7. The van der Waals surface area contributed by atoms with Gasteiger partial charge in [-0.2, -0.15) is 0 Å². The predicted octanol–water partition coefficient (Wildman–Crippen LogP) is 12.1. The van der Waals surface area contributed by atoms with Crippen LogP contribution < -0.4 is 5.43 Å². The second kappa shape index (κ2) is 19.6. The fourth-order valence-corrected chi connectivity index (χ4v) is 10.6. The summed E-state index contributed by atoms with van der Waals surface area (Å²) in [7, 11) is 1.80. The van der Waals surface area contributed by atoms with Crippen LogP contribution in [0, 0.1) is 17.3 Å². The molecule has 2 aromatic heterocycles. The monoisotopic (exact) mass is 819 g/mol. The average molecular weight is 819 g/mol. The van der Waals surface area contributed by atoms with Crippen molar-refractivity contribution in [2.24, 2.45) is 17.3 Å². The Kier molecular flexibility index (Phi) is 14.7. The molecule has 0 spiro atoms. The molecule has 4 bridgehead atoms. The molecule has 2 aliphatic heterocycles. The van der Waals surface area contributed by atoms with Gasteiger partial charge in [0.15, 0.2) is 0 Å². The molecule has 4 heterocycles. The van der Waals surface area contributed by atoms with E-state index in [0.717, 1.165) is 62.5 Å². The molecule has 2 aromatic carbocycles. The van der Waals surface area contributed by atoms with Crippen LogP contribution in [-0.2, 0) is 24.2 Å². The molecule has 2 aliphatic rings. The Bertz CT molecular complexity index is 2100. The molecule has 1 N–H and O–H groups in total. The molecule has 0 aliphatic carbocycles. The van der Waals surface area contributed by atoms with E-state index < -0.39 is 0 Å². The van der Waals surface area contributed by atoms with Gasteiger partial charge in [-0.1, -0.05) is 92.3 Å². The van der Waals surface area contributed by atoms with Crippen LogP contribution in [-0.4, -0.2) is 69.2 Å². The zero-order valence-electron chi connectivity index (χ0n) is 37.4. The minimum atomic E-state index is -0.352. The highest BCUT2D eigenvalue weighted by molar-refractivity contribution is 8.00. The number of pyridine rings is 1. The summed E-state index contributed by atoms with van der Waals surface area (Å²) < 4.78 is 11.0. The Labute approximate surface area is 359 Å². The van der Waals surface area contributed by atoms with Gasteiger partial charge in [-0.05, 0) is 121 Å². The number of allylic oxidation sites excluding steroid dienone is 1. The maximum Gasteiger partial charge on any atom is 0.424 e. The number of likely N-dealkylation sites (tertiary alicyclic amines) is 1. The number of hydrogen-bond acceptors (Lipinski definition) is 7. The van der Waals surface area contributed by atoms with E-state index in [4.69, 9.17) is 16.3 Å². The van der Waals surface area contributed by atoms with Gasteiger partial charge in [-0.15, -0.1) is 0 Å². The van der Waals surface area contributed by atoms with Gasteiger partial charge >= 0.3 is 6.09 Å². The lowest BCUT2D eigenvalue weighted by Crippen LogP contribution is -2.43. The smallest absolute Gasteiger partial charge is 0.424 e. The molecular weight excluding hydrogens is 749 g/mol. The second-order valence-corrected chi connectivity index (χ2v) is 19.2. The fraction of sp³-hybridized carbons (Fsp3) is 0.520. The largest absolute Gasteiger partial charge is 0.448 e. The summed E-state index contributed by atoms with van der Waals surface area (Å²) >= 11 is 1.77. The zero-order valence-corrected chi connectivity index (χ0v) is 38.3. The number of amides is 1.